The quantitative estimate of drug-likeness (QED) is 0.164. The molecular formula is C38H38F5N9O4. The molecule has 1 aliphatic carbocycles. The van der Waals surface area contributed by atoms with Gasteiger partial charge < -0.3 is 10.2 Å². The van der Waals surface area contributed by atoms with Crippen molar-refractivity contribution in [1.82, 2.24) is 34.1 Å². The van der Waals surface area contributed by atoms with Gasteiger partial charge in [0.1, 0.15) is 17.4 Å². The molecule has 1 atom stereocenters. The number of anilines is 2. The molecule has 1 unspecified atom stereocenters. The number of imidazole rings is 1. The number of amides is 3. The van der Waals surface area contributed by atoms with Crippen molar-refractivity contribution < 1.29 is 36.3 Å². The van der Waals surface area contributed by atoms with Crippen molar-refractivity contribution in [2.24, 2.45) is 13.0 Å². The van der Waals surface area contributed by atoms with Crippen molar-refractivity contribution >= 4 is 51.0 Å². The summed E-state index contributed by atoms with van der Waals surface area (Å²) in [6.07, 6.45) is 0.548. The van der Waals surface area contributed by atoms with Crippen molar-refractivity contribution in [1.29, 1.82) is 0 Å². The monoisotopic (exact) mass is 779 g/mol. The lowest BCUT2D eigenvalue weighted by atomic mass is 9.85. The van der Waals surface area contributed by atoms with Gasteiger partial charge in [-0.25, -0.2) is 18.6 Å². The number of alkyl halides is 5. The molecule has 5 heterocycles. The van der Waals surface area contributed by atoms with E-state index in [1.165, 1.54) is 15.2 Å². The van der Waals surface area contributed by atoms with Crippen LogP contribution in [0.2, 0.25) is 0 Å². The molecule has 2 saturated heterocycles. The third kappa shape index (κ3) is 7.24. The predicted molar refractivity (Wildman–Crippen MR) is 195 cm³/mol. The number of nitrogens with zero attached hydrogens (tertiary/aromatic N) is 7. The smallest absolute Gasteiger partial charge is 0.351 e. The first-order valence-electron chi connectivity index (χ1n) is 18.4. The van der Waals surface area contributed by atoms with Gasteiger partial charge in [0.15, 0.2) is 0 Å². The van der Waals surface area contributed by atoms with E-state index in [4.69, 9.17) is 5.10 Å². The number of hydrogen-bond acceptors (Lipinski definition) is 8. The minimum Gasteiger partial charge on any atom is -0.351 e. The van der Waals surface area contributed by atoms with Crippen molar-refractivity contribution in [3.63, 3.8) is 0 Å². The van der Waals surface area contributed by atoms with E-state index in [1.807, 2.05) is 10.9 Å². The second-order valence-electron chi connectivity index (χ2n) is 14.9. The standard InChI is InChI=1S/C38H38F5N9O4/c1-48-33-28(5-3-6-29(33)52(36(48)56)30-14-15-32(53)46-35(30)55)50-20-37(39,40)19-49(21-50)17-22-8-11-25(12-9-22)51-18-23-16-24(10-13-26(23)47-51)44-34(54)27-4-2-7-31(45-27)38(41,42)43/h2-7,10,13,16,18,22,25,30H,8-9,11-12,14-15,17,19-21H2,1H3,(H,44,54)(H,46,53,55). The highest BCUT2D eigenvalue weighted by molar-refractivity contribution is 6.04. The molecule has 3 aromatic heterocycles. The fourth-order valence-corrected chi connectivity index (χ4v) is 8.36. The number of hydrogen-bond donors (Lipinski definition) is 2. The molecule has 0 bridgehead atoms. The van der Waals surface area contributed by atoms with E-state index in [0.29, 0.717) is 34.5 Å². The lowest BCUT2D eigenvalue weighted by Gasteiger charge is -2.43. The molecule has 2 aliphatic heterocycles. The third-order valence-corrected chi connectivity index (χ3v) is 11.0. The summed E-state index contributed by atoms with van der Waals surface area (Å²) in [4.78, 5) is 57.4. The Balaban J connectivity index is 0.923. The first kappa shape index (κ1) is 37.3. The summed E-state index contributed by atoms with van der Waals surface area (Å²) in [6, 6.07) is 12.4. The van der Waals surface area contributed by atoms with Gasteiger partial charge in [-0.2, -0.15) is 18.3 Å². The zero-order valence-electron chi connectivity index (χ0n) is 30.2. The van der Waals surface area contributed by atoms with Gasteiger partial charge in [-0.1, -0.05) is 12.1 Å². The summed E-state index contributed by atoms with van der Waals surface area (Å²) in [7, 11) is 1.55. The molecule has 5 aromatic rings. The maximum absolute atomic E-state index is 15.4. The molecule has 13 nitrogen and oxygen atoms in total. The van der Waals surface area contributed by atoms with E-state index in [9.17, 15) is 32.3 Å². The lowest BCUT2D eigenvalue weighted by Crippen LogP contribution is -2.57. The Morgan fingerprint density at radius 2 is 1.75 bits per heavy atom. The number of rotatable bonds is 7. The van der Waals surface area contributed by atoms with Gasteiger partial charge >= 0.3 is 11.9 Å². The number of halogens is 5. The van der Waals surface area contributed by atoms with Crippen LogP contribution in [-0.2, 0) is 22.8 Å². The molecule has 2 aromatic carbocycles. The number of imide groups is 1. The zero-order valence-corrected chi connectivity index (χ0v) is 30.2. The number of piperidine rings is 1. The minimum absolute atomic E-state index is 0.0672. The second-order valence-corrected chi connectivity index (χ2v) is 14.9. The fourth-order valence-electron chi connectivity index (χ4n) is 8.36. The number of fused-ring (bicyclic) bond motifs is 2. The van der Waals surface area contributed by atoms with Crippen molar-refractivity contribution in [3.05, 3.63) is 82.7 Å². The summed E-state index contributed by atoms with van der Waals surface area (Å²) >= 11 is 0. The number of nitrogens with one attached hydrogen (secondary N) is 2. The number of pyridine rings is 1. The molecule has 18 heteroatoms. The van der Waals surface area contributed by atoms with Gasteiger partial charge in [-0.05, 0) is 80.5 Å². The maximum atomic E-state index is 15.4. The molecule has 3 aliphatic rings. The van der Waals surface area contributed by atoms with Crippen LogP contribution in [-0.4, -0.2) is 78.7 Å². The highest BCUT2D eigenvalue weighted by atomic mass is 19.4. The Kier molecular flexibility index (Phi) is 9.41. The van der Waals surface area contributed by atoms with Crippen molar-refractivity contribution in [3.8, 4) is 0 Å². The SMILES string of the molecule is Cn1c(=O)n(C2CCC(=O)NC2=O)c2cccc(N3CN(CC4CCC(n5cc6cc(NC(=O)c7cccc(C(F)(F)F)n7)ccc6n5)CC4)CC(F)(F)C3)c21. The number of carbonyl (C=O) groups excluding carboxylic acids is 3. The van der Waals surface area contributed by atoms with Crippen molar-refractivity contribution in [2.75, 3.05) is 36.5 Å². The van der Waals surface area contributed by atoms with Crippen LogP contribution in [0.25, 0.3) is 21.9 Å². The number of benzene rings is 2. The topological polar surface area (TPSA) is 139 Å². The number of aromatic nitrogens is 5. The molecule has 56 heavy (non-hydrogen) atoms. The number of para-hydroxylation sites is 1. The molecule has 1 saturated carbocycles. The van der Waals surface area contributed by atoms with E-state index >= 15 is 8.78 Å². The number of carbonyl (C=O) groups is 3. The number of aryl methyl sites for hydroxylation is 1. The van der Waals surface area contributed by atoms with E-state index in [-0.39, 0.29) is 37.2 Å². The van der Waals surface area contributed by atoms with E-state index in [0.717, 1.165) is 43.2 Å². The maximum Gasteiger partial charge on any atom is 0.433 e. The van der Waals surface area contributed by atoms with Crippen LogP contribution in [0.1, 0.15) is 66.8 Å². The summed E-state index contributed by atoms with van der Waals surface area (Å²) in [5.41, 5.74) is 0.401. The molecule has 294 valence electrons. The highest BCUT2D eigenvalue weighted by Crippen LogP contribution is 2.37. The first-order chi connectivity index (χ1) is 26.6. The normalized spacial score (nSPS) is 22.1. The second kappa shape index (κ2) is 14.1. The Labute approximate surface area is 316 Å². The summed E-state index contributed by atoms with van der Waals surface area (Å²) in [5, 5.41) is 10.3. The van der Waals surface area contributed by atoms with Crippen LogP contribution in [0.5, 0.6) is 0 Å². The van der Waals surface area contributed by atoms with Gasteiger partial charge in [0, 0.05) is 37.3 Å². The zero-order chi connectivity index (χ0) is 39.5. The summed E-state index contributed by atoms with van der Waals surface area (Å²) < 4.78 is 74.7. The van der Waals surface area contributed by atoms with Gasteiger partial charge in [0.25, 0.3) is 11.8 Å². The summed E-state index contributed by atoms with van der Waals surface area (Å²) in [5.74, 6) is -4.62. The average molecular weight is 780 g/mol. The molecule has 2 N–H and O–H groups in total. The predicted octanol–water partition coefficient (Wildman–Crippen LogP) is 5.48. The van der Waals surface area contributed by atoms with Crippen LogP contribution in [0.3, 0.4) is 0 Å². The van der Waals surface area contributed by atoms with Crippen LogP contribution < -0.4 is 21.2 Å². The Morgan fingerprint density at radius 3 is 2.50 bits per heavy atom. The van der Waals surface area contributed by atoms with Gasteiger partial charge in [0.05, 0.1) is 48.0 Å². The molecule has 3 amide bonds. The molecule has 8 rings (SSSR count). The largest absolute Gasteiger partial charge is 0.433 e. The van der Waals surface area contributed by atoms with E-state index < -0.39 is 60.3 Å². The van der Waals surface area contributed by atoms with Crippen LogP contribution >= 0.6 is 0 Å². The van der Waals surface area contributed by atoms with Gasteiger partial charge in [-0.15, -0.1) is 0 Å². The Morgan fingerprint density at radius 1 is 0.982 bits per heavy atom. The summed E-state index contributed by atoms with van der Waals surface area (Å²) in [6.45, 7) is -0.258. The van der Waals surface area contributed by atoms with Gasteiger partial charge in [-0.3, -0.25) is 38.4 Å². The van der Waals surface area contributed by atoms with Crippen LogP contribution in [0.4, 0.5) is 33.3 Å². The van der Waals surface area contributed by atoms with E-state index in [1.54, 1.807) is 53.2 Å². The Hall–Kier alpha value is -5.65. The lowest BCUT2D eigenvalue weighted by molar-refractivity contribution is -0.141. The minimum atomic E-state index is -4.68. The third-order valence-electron chi connectivity index (χ3n) is 11.0. The van der Waals surface area contributed by atoms with Crippen molar-refractivity contribution in [2.45, 2.75) is 62.7 Å². The molecular weight excluding hydrogens is 741 g/mol. The highest BCUT2D eigenvalue weighted by Gasteiger charge is 2.41. The molecule has 0 radical (unpaired) electrons. The van der Waals surface area contributed by atoms with E-state index in [2.05, 4.69) is 15.6 Å². The molecule has 0 spiro atoms. The first-order valence-corrected chi connectivity index (χ1v) is 18.4. The van der Waals surface area contributed by atoms with Gasteiger partial charge in [0.2, 0.25) is 11.8 Å². The molecule has 3 fully saturated rings. The van der Waals surface area contributed by atoms with Crippen LogP contribution in [0, 0.1) is 5.92 Å². The average Bonchev–Trinajstić information content (AvgIpc) is 3.68. The fraction of sp³-hybridized carbons (Fsp3) is 0.421. The Bertz CT molecular complexity index is 2410. The van der Waals surface area contributed by atoms with Crippen LogP contribution in [0.15, 0.2) is 65.6 Å².